The van der Waals surface area contributed by atoms with Crippen LogP contribution in [0.15, 0.2) is 0 Å². The van der Waals surface area contributed by atoms with Crippen LogP contribution in [0.1, 0.15) is 53.4 Å². The fraction of sp³-hybridized carbons (Fsp3) is 0.846. The average molecular weight is 238 g/mol. The lowest BCUT2D eigenvalue weighted by molar-refractivity contribution is -0.136. The van der Waals surface area contributed by atoms with E-state index in [9.17, 15) is 9.59 Å². The Labute approximate surface area is 103 Å². The number of amides is 3. The number of hydrogen-bond donors (Lipinski definition) is 1. The van der Waals surface area contributed by atoms with Gasteiger partial charge in [0, 0.05) is 5.54 Å². The van der Waals surface area contributed by atoms with Gasteiger partial charge in [-0.15, -0.1) is 0 Å². The molecule has 1 saturated carbocycles. The smallest absolute Gasteiger partial charge is 0.323 e. The molecule has 1 aliphatic carbocycles. The van der Waals surface area contributed by atoms with Crippen molar-refractivity contribution in [2.45, 2.75) is 64.5 Å². The second-order valence-corrected chi connectivity index (χ2v) is 6.53. The van der Waals surface area contributed by atoms with Crippen molar-refractivity contribution in [3.05, 3.63) is 0 Å². The predicted molar refractivity (Wildman–Crippen MR) is 65.5 cm³/mol. The van der Waals surface area contributed by atoms with Crippen molar-refractivity contribution in [1.29, 1.82) is 0 Å². The van der Waals surface area contributed by atoms with Crippen molar-refractivity contribution in [2.75, 3.05) is 0 Å². The van der Waals surface area contributed by atoms with Gasteiger partial charge >= 0.3 is 6.03 Å². The quantitative estimate of drug-likeness (QED) is 0.658. The van der Waals surface area contributed by atoms with Crippen molar-refractivity contribution in [3.8, 4) is 0 Å². The van der Waals surface area contributed by atoms with E-state index in [1.165, 1.54) is 4.90 Å². The summed E-state index contributed by atoms with van der Waals surface area (Å²) in [5.74, 6) is 0.481. The van der Waals surface area contributed by atoms with Gasteiger partial charge in [-0.05, 0) is 39.5 Å². The molecule has 17 heavy (non-hydrogen) atoms. The number of imide groups is 1. The topological polar surface area (TPSA) is 49.4 Å². The Morgan fingerprint density at radius 2 is 2.00 bits per heavy atom. The van der Waals surface area contributed by atoms with Crippen LogP contribution in [-0.2, 0) is 4.79 Å². The van der Waals surface area contributed by atoms with Gasteiger partial charge in [0.15, 0.2) is 0 Å². The first-order valence-electron chi connectivity index (χ1n) is 6.43. The molecule has 0 radical (unpaired) electrons. The van der Waals surface area contributed by atoms with Crippen LogP contribution in [0.4, 0.5) is 4.79 Å². The summed E-state index contributed by atoms with van der Waals surface area (Å²) in [4.78, 5) is 25.9. The summed E-state index contributed by atoms with van der Waals surface area (Å²) in [5.41, 5.74) is -1.05. The van der Waals surface area contributed by atoms with Crippen LogP contribution < -0.4 is 5.32 Å². The molecular formula is C13H22N2O2. The predicted octanol–water partition coefficient (Wildman–Crippen LogP) is 2.29. The fourth-order valence-corrected chi connectivity index (χ4v) is 3.09. The summed E-state index contributed by atoms with van der Waals surface area (Å²) >= 11 is 0. The van der Waals surface area contributed by atoms with Crippen LogP contribution >= 0.6 is 0 Å². The highest BCUT2D eigenvalue weighted by atomic mass is 16.2. The maximum absolute atomic E-state index is 12.5. The third-order valence-electron chi connectivity index (χ3n) is 3.83. The molecule has 0 bridgehead atoms. The lowest BCUT2D eigenvalue weighted by Crippen LogP contribution is -2.51. The van der Waals surface area contributed by atoms with Gasteiger partial charge in [-0.3, -0.25) is 9.69 Å². The maximum Gasteiger partial charge on any atom is 0.325 e. The van der Waals surface area contributed by atoms with Gasteiger partial charge < -0.3 is 5.32 Å². The normalized spacial score (nSPS) is 34.4. The minimum absolute atomic E-state index is 0.0263. The van der Waals surface area contributed by atoms with Crippen LogP contribution in [0, 0.1) is 5.92 Å². The molecule has 2 aliphatic rings. The first-order valence-corrected chi connectivity index (χ1v) is 6.43. The molecule has 1 aliphatic heterocycles. The highest BCUT2D eigenvalue weighted by Gasteiger charge is 2.55. The third-order valence-corrected chi connectivity index (χ3v) is 3.83. The monoisotopic (exact) mass is 238 g/mol. The Balaban J connectivity index is 2.29. The van der Waals surface area contributed by atoms with Crippen LogP contribution in [0.3, 0.4) is 0 Å². The molecule has 96 valence electrons. The molecule has 2 atom stereocenters. The molecule has 2 rings (SSSR count). The third kappa shape index (κ3) is 1.94. The highest BCUT2D eigenvalue weighted by Crippen LogP contribution is 2.38. The Morgan fingerprint density at radius 3 is 2.47 bits per heavy atom. The van der Waals surface area contributed by atoms with Gasteiger partial charge in [0.2, 0.25) is 0 Å². The van der Waals surface area contributed by atoms with Crippen LogP contribution in [0.25, 0.3) is 0 Å². The molecule has 2 unspecified atom stereocenters. The standard InChI is InChI=1S/C13H22N2O2/c1-9-6-5-7-13(8-9)10(16)15(11(17)14-13)12(2,3)4/h9H,5-8H2,1-4H3,(H,14,17). The average Bonchev–Trinajstić information content (AvgIpc) is 2.36. The van der Waals surface area contributed by atoms with Gasteiger partial charge in [-0.2, -0.15) is 0 Å². The Bertz CT molecular complexity index is 359. The van der Waals surface area contributed by atoms with Crippen LogP contribution in [0.5, 0.6) is 0 Å². The van der Waals surface area contributed by atoms with Gasteiger partial charge in [-0.1, -0.05) is 19.8 Å². The van der Waals surface area contributed by atoms with Crippen LogP contribution in [0.2, 0.25) is 0 Å². The Kier molecular flexibility index (Phi) is 2.71. The number of hydrogen-bond acceptors (Lipinski definition) is 2. The molecule has 2 fully saturated rings. The Morgan fingerprint density at radius 1 is 1.35 bits per heavy atom. The van der Waals surface area contributed by atoms with E-state index in [1.54, 1.807) is 0 Å². The highest BCUT2D eigenvalue weighted by molar-refractivity contribution is 6.07. The van der Waals surface area contributed by atoms with Gasteiger partial charge in [0.25, 0.3) is 5.91 Å². The van der Waals surface area contributed by atoms with Gasteiger partial charge in [-0.25, -0.2) is 4.79 Å². The maximum atomic E-state index is 12.5. The largest absolute Gasteiger partial charge is 0.325 e. The molecule has 0 aromatic carbocycles. The molecule has 1 heterocycles. The first-order chi connectivity index (χ1) is 7.76. The minimum atomic E-state index is -0.609. The van der Waals surface area contributed by atoms with Crippen molar-refractivity contribution in [2.24, 2.45) is 5.92 Å². The van der Waals surface area contributed by atoms with E-state index in [1.807, 2.05) is 20.8 Å². The van der Waals surface area contributed by atoms with Crippen molar-refractivity contribution < 1.29 is 9.59 Å². The number of rotatable bonds is 0. The summed E-state index contributed by atoms with van der Waals surface area (Å²) < 4.78 is 0. The molecule has 4 nitrogen and oxygen atoms in total. The van der Waals surface area contributed by atoms with E-state index in [0.717, 1.165) is 25.7 Å². The summed E-state index contributed by atoms with van der Waals surface area (Å²) in [6.45, 7) is 7.85. The van der Waals surface area contributed by atoms with Crippen molar-refractivity contribution in [3.63, 3.8) is 0 Å². The van der Waals surface area contributed by atoms with Gasteiger partial charge in [0.1, 0.15) is 5.54 Å². The number of carbonyl (C=O) groups excluding carboxylic acids is 2. The second kappa shape index (κ2) is 3.72. The number of urea groups is 1. The van der Waals surface area contributed by atoms with E-state index in [-0.39, 0.29) is 11.9 Å². The molecule has 1 saturated heterocycles. The van der Waals surface area contributed by atoms with E-state index >= 15 is 0 Å². The molecule has 3 amide bonds. The summed E-state index contributed by atoms with van der Waals surface area (Å²) in [6, 6.07) is -0.225. The minimum Gasteiger partial charge on any atom is -0.323 e. The zero-order chi connectivity index (χ0) is 12.8. The molecule has 1 spiro atoms. The number of carbonyl (C=O) groups is 2. The lowest BCUT2D eigenvalue weighted by Gasteiger charge is -2.36. The summed E-state index contributed by atoms with van der Waals surface area (Å²) in [7, 11) is 0. The molecule has 4 heteroatoms. The lowest BCUT2D eigenvalue weighted by atomic mass is 9.76. The second-order valence-electron chi connectivity index (χ2n) is 6.53. The molecule has 1 N–H and O–H groups in total. The first kappa shape index (κ1) is 12.4. The van der Waals surface area contributed by atoms with Crippen molar-refractivity contribution >= 4 is 11.9 Å². The summed E-state index contributed by atoms with van der Waals surface area (Å²) in [5, 5.41) is 2.94. The SMILES string of the molecule is CC1CCCC2(C1)NC(=O)N(C(C)(C)C)C2=O. The fourth-order valence-electron chi connectivity index (χ4n) is 3.09. The number of nitrogens with zero attached hydrogens (tertiary/aromatic N) is 1. The summed E-state index contributed by atoms with van der Waals surface area (Å²) in [6.07, 6.45) is 3.74. The van der Waals surface area contributed by atoms with Crippen molar-refractivity contribution in [1.82, 2.24) is 10.2 Å². The zero-order valence-electron chi connectivity index (χ0n) is 11.2. The molecule has 0 aromatic rings. The van der Waals surface area contributed by atoms with E-state index in [0.29, 0.717) is 5.92 Å². The zero-order valence-corrected chi connectivity index (χ0v) is 11.2. The van der Waals surface area contributed by atoms with E-state index < -0.39 is 11.1 Å². The van der Waals surface area contributed by atoms with Crippen LogP contribution in [-0.4, -0.2) is 27.9 Å². The Hall–Kier alpha value is -1.06. The van der Waals surface area contributed by atoms with E-state index in [4.69, 9.17) is 0 Å². The molecule has 0 aromatic heterocycles. The molecular weight excluding hydrogens is 216 g/mol. The van der Waals surface area contributed by atoms with Gasteiger partial charge in [0.05, 0.1) is 0 Å². The number of nitrogens with one attached hydrogen (secondary N) is 1. The van der Waals surface area contributed by atoms with E-state index in [2.05, 4.69) is 12.2 Å².